The number of carbonyl (C=O) groups excluding carboxylic acids is 1. The van der Waals surface area contributed by atoms with Gasteiger partial charge in [-0.3, -0.25) is 0 Å². The maximum absolute atomic E-state index is 12.0. The van der Waals surface area contributed by atoms with Crippen molar-refractivity contribution in [2.45, 2.75) is 0 Å². The molecule has 1 aliphatic heterocycles. The van der Waals surface area contributed by atoms with Crippen molar-refractivity contribution >= 4 is 33.9 Å². The topological polar surface area (TPSA) is 47.9 Å². The monoisotopic (exact) mass is 383 g/mol. The number of hydrogen-bond donors (Lipinski definition) is 0. The van der Waals surface area contributed by atoms with Crippen LogP contribution in [0.3, 0.4) is 0 Å². The highest BCUT2D eigenvalue weighted by atomic mass is 79.9. The van der Waals surface area contributed by atoms with Crippen molar-refractivity contribution in [3.05, 3.63) is 82.5 Å². The minimum absolute atomic E-state index is 0.258. The number of benzene rings is 2. The van der Waals surface area contributed by atoms with E-state index in [-0.39, 0.29) is 5.70 Å². The lowest BCUT2D eigenvalue weighted by molar-refractivity contribution is -0.129. The molecule has 0 aliphatic carbocycles. The van der Waals surface area contributed by atoms with E-state index in [1.165, 1.54) is 0 Å². The first kappa shape index (κ1) is 16.2. The second-order valence-corrected chi connectivity index (χ2v) is 5.93. The Balaban J connectivity index is 1.85. The predicted molar refractivity (Wildman–Crippen MR) is 96.9 cm³/mol. The standard InChI is InChI=1S/C19H14BrNO3/c1-2-10-23-16-5-3-4-13(11-16)12-17-19(22)24-18(21-17)14-6-8-15(20)9-7-14/h2-9,11-12H,1,10H2/b17-12-. The third kappa shape index (κ3) is 3.81. The van der Waals surface area contributed by atoms with Gasteiger partial charge < -0.3 is 9.47 Å². The average molecular weight is 384 g/mol. The third-order valence-electron chi connectivity index (χ3n) is 3.24. The zero-order chi connectivity index (χ0) is 16.9. The lowest BCUT2D eigenvalue weighted by Gasteiger charge is -2.03. The van der Waals surface area contributed by atoms with Gasteiger partial charge in [0.05, 0.1) is 0 Å². The molecule has 1 aliphatic rings. The summed E-state index contributed by atoms with van der Waals surface area (Å²) in [5.74, 6) is 0.538. The SMILES string of the molecule is C=CCOc1cccc(/C=C2\N=C(c3ccc(Br)cc3)OC2=O)c1. The minimum atomic E-state index is -0.467. The van der Waals surface area contributed by atoms with E-state index < -0.39 is 5.97 Å². The number of nitrogens with zero attached hydrogens (tertiary/aromatic N) is 1. The Hall–Kier alpha value is -2.66. The maximum Gasteiger partial charge on any atom is 0.363 e. The smallest absolute Gasteiger partial charge is 0.363 e. The van der Waals surface area contributed by atoms with Crippen LogP contribution in [0, 0.1) is 0 Å². The van der Waals surface area contributed by atoms with E-state index in [1.807, 2.05) is 48.5 Å². The van der Waals surface area contributed by atoms with Crippen molar-refractivity contribution in [1.29, 1.82) is 0 Å². The number of cyclic esters (lactones) is 1. The number of carbonyl (C=O) groups is 1. The van der Waals surface area contributed by atoms with Crippen molar-refractivity contribution in [2.75, 3.05) is 6.61 Å². The molecule has 0 saturated heterocycles. The largest absolute Gasteiger partial charge is 0.490 e. The van der Waals surface area contributed by atoms with E-state index >= 15 is 0 Å². The molecule has 0 unspecified atom stereocenters. The first-order chi connectivity index (χ1) is 11.7. The van der Waals surface area contributed by atoms with Crippen molar-refractivity contribution < 1.29 is 14.3 Å². The molecule has 0 bridgehead atoms. The summed E-state index contributed by atoms with van der Waals surface area (Å²) in [5.41, 5.74) is 1.82. The summed E-state index contributed by atoms with van der Waals surface area (Å²) in [6.45, 7) is 4.04. The first-order valence-corrected chi connectivity index (χ1v) is 8.07. The van der Waals surface area contributed by atoms with Gasteiger partial charge in [-0.25, -0.2) is 9.79 Å². The van der Waals surface area contributed by atoms with Crippen LogP contribution in [-0.4, -0.2) is 18.5 Å². The molecule has 0 aromatic heterocycles. The van der Waals surface area contributed by atoms with Gasteiger partial charge in [-0.1, -0.05) is 40.7 Å². The Morgan fingerprint density at radius 3 is 2.75 bits per heavy atom. The Bertz CT molecular complexity index is 838. The molecule has 0 spiro atoms. The molecule has 0 N–H and O–H groups in total. The van der Waals surface area contributed by atoms with Crippen molar-refractivity contribution in [3.8, 4) is 5.75 Å². The van der Waals surface area contributed by atoms with Crippen molar-refractivity contribution in [1.82, 2.24) is 0 Å². The van der Waals surface area contributed by atoms with Gasteiger partial charge in [0.15, 0.2) is 5.70 Å². The summed E-state index contributed by atoms with van der Waals surface area (Å²) >= 11 is 3.37. The van der Waals surface area contributed by atoms with Crippen LogP contribution in [0.4, 0.5) is 0 Å². The summed E-state index contributed by atoms with van der Waals surface area (Å²) in [6, 6.07) is 14.8. The number of rotatable bonds is 5. The zero-order valence-electron chi connectivity index (χ0n) is 12.7. The molecule has 4 nitrogen and oxygen atoms in total. The Morgan fingerprint density at radius 2 is 2.00 bits per heavy atom. The highest BCUT2D eigenvalue weighted by Crippen LogP contribution is 2.22. The summed E-state index contributed by atoms with van der Waals surface area (Å²) in [5, 5.41) is 0. The summed E-state index contributed by atoms with van der Waals surface area (Å²) in [4.78, 5) is 16.3. The van der Waals surface area contributed by atoms with Gasteiger partial charge >= 0.3 is 5.97 Å². The maximum atomic E-state index is 12.0. The molecule has 0 atom stereocenters. The van der Waals surface area contributed by atoms with E-state index in [0.717, 1.165) is 15.6 Å². The van der Waals surface area contributed by atoms with E-state index in [2.05, 4.69) is 27.5 Å². The fraction of sp³-hybridized carbons (Fsp3) is 0.0526. The molecule has 5 heteroatoms. The Kier molecular flexibility index (Phi) is 4.91. The van der Waals surface area contributed by atoms with E-state index in [1.54, 1.807) is 12.2 Å². The summed E-state index contributed by atoms with van der Waals surface area (Å²) in [6.07, 6.45) is 3.35. The van der Waals surface area contributed by atoms with Gasteiger partial charge in [-0.2, -0.15) is 0 Å². The molecule has 0 radical (unpaired) electrons. The fourth-order valence-corrected chi connectivity index (χ4v) is 2.40. The molecule has 120 valence electrons. The Labute approximate surface area is 148 Å². The van der Waals surface area contributed by atoms with Gasteiger partial charge in [0.1, 0.15) is 12.4 Å². The van der Waals surface area contributed by atoms with Gasteiger partial charge in [0.2, 0.25) is 5.90 Å². The summed E-state index contributed by atoms with van der Waals surface area (Å²) in [7, 11) is 0. The first-order valence-electron chi connectivity index (χ1n) is 7.28. The van der Waals surface area contributed by atoms with Crippen molar-refractivity contribution in [3.63, 3.8) is 0 Å². The van der Waals surface area contributed by atoms with Crippen molar-refractivity contribution in [2.24, 2.45) is 4.99 Å². The molecule has 2 aromatic carbocycles. The number of halogens is 1. The minimum Gasteiger partial charge on any atom is -0.490 e. The summed E-state index contributed by atoms with van der Waals surface area (Å²) < 4.78 is 11.7. The molecule has 24 heavy (non-hydrogen) atoms. The van der Waals surface area contributed by atoms with Gasteiger partial charge in [0, 0.05) is 10.0 Å². The molecular weight excluding hydrogens is 370 g/mol. The quantitative estimate of drug-likeness (QED) is 0.437. The number of aliphatic imine (C=N–C) groups is 1. The molecule has 1 heterocycles. The van der Waals surface area contributed by atoms with Crippen LogP contribution in [0.5, 0.6) is 5.75 Å². The van der Waals surface area contributed by atoms with E-state index in [0.29, 0.717) is 18.3 Å². The van der Waals surface area contributed by atoms with Gasteiger partial charge in [-0.15, -0.1) is 0 Å². The molecule has 0 amide bonds. The molecule has 0 fully saturated rings. The number of esters is 1. The predicted octanol–water partition coefficient (Wildman–Crippen LogP) is 4.36. The average Bonchev–Trinajstić information content (AvgIpc) is 2.95. The van der Waals surface area contributed by atoms with Crippen LogP contribution in [0.25, 0.3) is 6.08 Å². The van der Waals surface area contributed by atoms with Gasteiger partial charge in [0.25, 0.3) is 0 Å². The molecule has 3 rings (SSSR count). The second kappa shape index (κ2) is 7.27. The molecular formula is C19H14BrNO3. The van der Waals surface area contributed by atoms with Crippen LogP contribution < -0.4 is 4.74 Å². The van der Waals surface area contributed by atoms with Crippen LogP contribution >= 0.6 is 15.9 Å². The lowest BCUT2D eigenvalue weighted by atomic mass is 10.2. The lowest BCUT2D eigenvalue weighted by Crippen LogP contribution is -2.05. The Morgan fingerprint density at radius 1 is 1.21 bits per heavy atom. The van der Waals surface area contributed by atoms with Crippen LogP contribution in [0.15, 0.2) is 76.3 Å². The molecule has 0 saturated carbocycles. The third-order valence-corrected chi connectivity index (χ3v) is 3.77. The highest BCUT2D eigenvalue weighted by molar-refractivity contribution is 9.10. The highest BCUT2D eigenvalue weighted by Gasteiger charge is 2.24. The van der Waals surface area contributed by atoms with E-state index in [4.69, 9.17) is 9.47 Å². The van der Waals surface area contributed by atoms with Gasteiger partial charge in [-0.05, 0) is 48.0 Å². The number of hydrogen-bond acceptors (Lipinski definition) is 4. The van der Waals surface area contributed by atoms with Crippen LogP contribution in [0.2, 0.25) is 0 Å². The molecule has 2 aromatic rings. The fourth-order valence-electron chi connectivity index (χ4n) is 2.13. The van der Waals surface area contributed by atoms with E-state index in [9.17, 15) is 4.79 Å². The normalized spacial score (nSPS) is 15.1. The zero-order valence-corrected chi connectivity index (χ0v) is 14.3. The van der Waals surface area contributed by atoms with Crippen LogP contribution in [0.1, 0.15) is 11.1 Å². The van der Waals surface area contributed by atoms with Crippen LogP contribution in [-0.2, 0) is 9.53 Å². The number of ether oxygens (including phenoxy) is 2. The second-order valence-electron chi connectivity index (χ2n) is 5.02.